The number of ketones is 1. The van der Waals surface area contributed by atoms with Gasteiger partial charge in [-0.1, -0.05) is 6.07 Å². The van der Waals surface area contributed by atoms with E-state index in [1.165, 1.54) is 20.2 Å². The van der Waals surface area contributed by atoms with Gasteiger partial charge in [0.2, 0.25) is 17.6 Å². The van der Waals surface area contributed by atoms with Crippen molar-refractivity contribution >= 4 is 41.4 Å². The maximum absolute atomic E-state index is 13.4. The molecular weight excluding hydrogens is 418 g/mol. The Labute approximate surface area is 183 Å². The molecule has 0 radical (unpaired) electrons. The molecule has 0 saturated carbocycles. The van der Waals surface area contributed by atoms with E-state index in [1.807, 2.05) is 11.0 Å². The largest absolute Gasteiger partial charge is 0.454 e. The van der Waals surface area contributed by atoms with E-state index in [2.05, 4.69) is 0 Å². The van der Waals surface area contributed by atoms with Crippen LogP contribution in [0.25, 0.3) is 6.08 Å². The minimum atomic E-state index is -1.52. The minimum Gasteiger partial charge on any atom is -0.454 e. The van der Waals surface area contributed by atoms with E-state index in [-0.39, 0.29) is 25.2 Å². The highest BCUT2D eigenvalue weighted by Crippen LogP contribution is 2.46. The van der Waals surface area contributed by atoms with Crippen LogP contribution in [-0.4, -0.2) is 85.9 Å². The number of barbiturate groups is 1. The van der Waals surface area contributed by atoms with Gasteiger partial charge in [-0.25, -0.2) is 9.59 Å². The normalized spacial score (nSPS) is 26.1. The lowest BCUT2D eigenvalue weighted by Gasteiger charge is -2.54. The number of cyclic esters (lactones) is 1. The van der Waals surface area contributed by atoms with Crippen molar-refractivity contribution in [2.45, 2.75) is 12.5 Å². The summed E-state index contributed by atoms with van der Waals surface area (Å²) >= 11 is 0. The van der Waals surface area contributed by atoms with Gasteiger partial charge in [0.1, 0.15) is 5.57 Å². The molecule has 4 amide bonds. The Hall–Kier alpha value is -3.53. The number of morpholine rings is 1. The number of urea groups is 1. The fourth-order valence-corrected chi connectivity index (χ4v) is 5.07. The summed E-state index contributed by atoms with van der Waals surface area (Å²) in [5.41, 5.74) is 0.609. The smallest absolute Gasteiger partial charge is 0.342 e. The lowest BCUT2D eigenvalue weighted by Crippen LogP contribution is -2.73. The molecule has 166 valence electrons. The van der Waals surface area contributed by atoms with E-state index in [1.54, 1.807) is 12.1 Å². The quantitative estimate of drug-likeness (QED) is 0.260. The molecule has 4 aliphatic rings. The van der Waals surface area contributed by atoms with Crippen molar-refractivity contribution in [1.29, 1.82) is 0 Å². The summed E-state index contributed by atoms with van der Waals surface area (Å²) in [6.45, 7) is 0.820. The molecule has 5 rings (SSSR count). The number of carbonyl (C=O) groups is 5. The second-order valence-electron chi connectivity index (χ2n) is 8.39. The van der Waals surface area contributed by atoms with Crippen LogP contribution in [-0.2, 0) is 35.1 Å². The Kier molecular flexibility index (Phi) is 4.45. The standard InChI is InChI=1S/C22H21N3O7/c1-23-19(28)22(20(29)24(2)21(23)30)9-13-7-12(8-14-16(26)10-32-18(14)27)3-4-15(13)25-5-6-31-11-17(22)25/h3-4,7-8,17H,5-6,9-11H2,1-2H3/b14-8-. The molecule has 0 aliphatic carbocycles. The number of Topliss-reactive ketones (excluding diaryl/α,β-unsaturated/α-hetero) is 1. The lowest BCUT2D eigenvalue weighted by molar-refractivity contribution is -0.161. The third-order valence-electron chi connectivity index (χ3n) is 6.69. The van der Waals surface area contributed by atoms with E-state index in [4.69, 9.17) is 9.47 Å². The first kappa shape index (κ1) is 20.4. The zero-order valence-electron chi connectivity index (χ0n) is 17.6. The van der Waals surface area contributed by atoms with Crippen molar-refractivity contribution in [2.24, 2.45) is 5.41 Å². The Morgan fingerprint density at radius 2 is 1.78 bits per heavy atom. The molecule has 4 aliphatic heterocycles. The molecule has 1 aromatic carbocycles. The first-order chi connectivity index (χ1) is 15.3. The second kappa shape index (κ2) is 6.99. The highest BCUT2D eigenvalue weighted by atomic mass is 16.5. The Morgan fingerprint density at radius 3 is 2.44 bits per heavy atom. The van der Waals surface area contributed by atoms with Crippen LogP contribution >= 0.6 is 0 Å². The van der Waals surface area contributed by atoms with Gasteiger partial charge in [0.15, 0.2) is 12.0 Å². The molecule has 3 saturated heterocycles. The van der Waals surface area contributed by atoms with Gasteiger partial charge in [0, 0.05) is 26.3 Å². The van der Waals surface area contributed by atoms with Crippen molar-refractivity contribution in [1.82, 2.24) is 9.80 Å². The van der Waals surface area contributed by atoms with Gasteiger partial charge in [0.05, 0.1) is 19.3 Å². The molecule has 10 heteroatoms. The number of hydrogen-bond acceptors (Lipinski definition) is 8. The Morgan fingerprint density at radius 1 is 1.06 bits per heavy atom. The Bertz CT molecular complexity index is 1080. The van der Waals surface area contributed by atoms with Gasteiger partial charge in [-0.15, -0.1) is 0 Å². The van der Waals surface area contributed by atoms with Gasteiger partial charge < -0.3 is 14.4 Å². The summed E-state index contributed by atoms with van der Waals surface area (Å²) in [4.78, 5) is 67.0. The van der Waals surface area contributed by atoms with E-state index >= 15 is 0 Å². The number of carbonyl (C=O) groups excluding carboxylic acids is 5. The number of esters is 1. The van der Waals surface area contributed by atoms with Crippen molar-refractivity contribution in [3.8, 4) is 0 Å². The van der Waals surface area contributed by atoms with Crippen LogP contribution in [0.2, 0.25) is 0 Å². The van der Waals surface area contributed by atoms with Gasteiger partial charge >= 0.3 is 12.0 Å². The summed E-state index contributed by atoms with van der Waals surface area (Å²) in [5.74, 6) is -2.18. The fraction of sp³-hybridized carbons (Fsp3) is 0.409. The fourth-order valence-electron chi connectivity index (χ4n) is 5.07. The van der Waals surface area contributed by atoms with Crippen molar-refractivity contribution < 1.29 is 33.4 Å². The zero-order valence-corrected chi connectivity index (χ0v) is 17.6. The van der Waals surface area contributed by atoms with Crippen LogP contribution in [0, 0.1) is 5.41 Å². The Balaban J connectivity index is 1.64. The van der Waals surface area contributed by atoms with Crippen molar-refractivity contribution in [3.05, 3.63) is 34.9 Å². The monoisotopic (exact) mass is 439 g/mol. The average Bonchev–Trinajstić information content (AvgIpc) is 3.12. The minimum absolute atomic E-state index is 0.0328. The van der Waals surface area contributed by atoms with Gasteiger partial charge in [-0.05, 0) is 35.8 Å². The first-order valence-corrected chi connectivity index (χ1v) is 10.3. The first-order valence-electron chi connectivity index (χ1n) is 10.3. The number of rotatable bonds is 1. The molecule has 0 N–H and O–H groups in total. The molecule has 0 bridgehead atoms. The van der Waals surface area contributed by atoms with Crippen molar-refractivity contribution in [2.75, 3.05) is 45.4 Å². The number of fused-ring (bicyclic) bond motifs is 4. The average molecular weight is 439 g/mol. The van der Waals surface area contributed by atoms with Crippen LogP contribution in [0.4, 0.5) is 10.5 Å². The van der Waals surface area contributed by atoms with Gasteiger partial charge in [-0.2, -0.15) is 0 Å². The highest BCUT2D eigenvalue weighted by Gasteiger charge is 2.63. The molecular formula is C22H21N3O7. The number of nitrogens with zero attached hydrogens (tertiary/aromatic N) is 3. The van der Waals surface area contributed by atoms with E-state index in [0.29, 0.717) is 24.3 Å². The number of imide groups is 2. The molecule has 10 nitrogen and oxygen atoms in total. The molecule has 1 atom stereocenters. The van der Waals surface area contributed by atoms with Crippen LogP contribution in [0.1, 0.15) is 11.1 Å². The zero-order chi connectivity index (χ0) is 22.8. The molecule has 3 fully saturated rings. The summed E-state index contributed by atoms with van der Waals surface area (Å²) in [6.07, 6.45) is 1.53. The van der Waals surface area contributed by atoms with Gasteiger partial charge in [-0.3, -0.25) is 24.2 Å². The number of anilines is 1. The van der Waals surface area contributed by atoms with E-state index in [0.717, 1.165) is 15.5 Å². The molecule has 1 spiro atoms. The predicted molar refractivity (Wildman–Crippen MR) is 109 cm³/mol. The van der Waals surface area contributed by atoms with E-state index in [9.17, 15) is 24.0 Å². The number of ether oxygens (including phenoxy) is 2. The second-order valence-corrected chi connectivity index (χ2v) is 8.39. The maximum atomic E-state index is 13.4. The predicted octanol–water partition coefficient (Wildman–Crippen LogP) is -0.00600. The van der Waals surface area contributed by atoms with Crippen LogP contribution < -0.4 is 4.90 Å². The van der Waals surface area contributed by atoms with E-state index < -0.39 is 41.1 Å². The summed E-state index contributed by atoms with van der Waals surface area (Å²) in [7, 11) is 2.74. The molecule has 32 heavy (non-hydrogen) atoms. The third-order valence-corrected chi connectivity index (χ3v) is 6.69. The lowest BCUT2D eigenvalue weighted by atomic mass is 9.68. The highest BCUT2D eigenvalue weighted by molar-refractivity contribution is 6.25. The van der Waals surface area contributed by atoms with Crippen LogP contribution in [0.15, 0.2) is 23.8 Å². The topological polar surface area (TPSA) is 114 Å². The molecule has 0 aromatic heterocycles. The molecule has 4 heterocycles. The molecule has 1 aromatic rings. The molecule has 1 unspecified atom stereocenters. The summed E-state index contributed by atoms with van der Waals surface area (Å²) < 4.78 is 10.4. The third kappa shape index (κ3) is 2.65. The summed E-state index contributed by atoms with van der Waals surface area (Å²) in [5, 5.41) is 0. The van der Waals surface area contributed by atoms with Crippen molar-refractivity contribution in [3.63, 3.8) is 0 Å². The number of amides is 4. The number of benzene rings is 1. The van der Waals surface area contributed by atoms with Crippen LogP contribution in [0.5, 0.6) is 0 Å². The number of hydrogen-bond donors (Lipinski definition) is 0. The SMILES string of the molecule is CN1C(=O)N(C)C(=O)C2(Cc3cc(/C=C4/C(=O)COC4=O)ccc3N3CCOCC32)C1=O. The van der Waals surface area contributed by atoms with Crippen LogP contribution in [0.3, 0.4) is 0 Å². The maximum Gasteiger partial charge on any atom is 0.342 e. The van der Waals surface area contributed by atoms with Gasteiger partial charge in [0.25, 0.3) is 0 Å². The summed E-state index contributed by atoms with van der Waals surface area (Å²) in [6, 6.07) is 4.18.